The van der Waals surface area contributed by atoms with Crippen molar-refractivity contribution in [3.05, 3.63) is 69.2 Å². The Labute approximate surface area is 159 Å². The smallest absolute Gasteiger partial charge is 0.0752 e. The van der Waals surface area contributed by atoms with Crippen molar-refractivity contribution in [1.82, 2.24) is 10.6 Å². The van der Waals surface area contributed by atoms with Crippen molar-refractivity contribution >= 4 is 23.2 Å². The maximum atomic E-state index is 6.54. The Hall–Kier alpha value is -1.50. The van der Waals surface area contributed by atoms with Gasteiger partial charge in [-0.25, -0.2) is 0 Å². The molecule has 0 amide bonds. The van der Waals surface area contributed by atoms with Crippen molar-refractivity contribution in [2.45, 2.75) is 31.8 Å². The maximum absolute atomic E-state index is 6.54. The molecule has 4 heteroatoms. The van der Waals surface area contributed by atoms with Gasteiger partial charge in [-0.15, -0.1) is 0 Å². The molecule has 130 valence electrons. The van der Waals surface area contributed by atoms with Gasteiger partial charge in [-0.05, 0) is 56.6 Å². The molecule has 2 N–H and O–H groups in total. The quantitative estimate of drug-likeness (QED) is 0.756. The molecule has 0 aliphatic carbocycles. The van der Waals surface area contributed by atoms with Gasteiger partial charge in [0.25, 0.3) is 0 Å². The second-order valence-electron chi connectivity index (χ2n) is 6.36. The minimum Gasteiger partial charge on any atom is -0.317 e. The fourth-order valence-electron chi connectivity index (χ4n) is 3.09. The molecule has 0 saturated carbocycles. The zero-order chi connectivity index (χ0) is 17.6. The van der Waals surface area contributed by atoms with Crippen LogP contribution in [0.1, 0.15) is 42.5 Å². The highest BCUT2D eigenvalue weighted by Gasteiger charge is 2.19. The number of nitrogens with one attached hydrogen (secondary N) is 2. The van der Waals surface area contributed by atoms with Crippen LogP contribution >= 0.6 is 23.2 Å². The van der Waals surface area contributed by atoms with Gasteiger partial charge in [-0.1, -0.05) is 59.3 Å². The largest absolute Gasteiger partial charge is 0.317 e. The molecule has 1 aliphatic heterocycles. The first-order chi connectivity index (χ1) is 12.1. The Balaban J connectivity index is 1.77. The third-order valence-corrected chi connectivity index (χ3v) is 5.42. The highest BCUT2D eigenvalue weighted by atomic mass is 35.5. The Morgan fingerprint density at radius 3 is 2.44 bits per heavy atom. The molecule has 1 aliphatic rings. The lowest BCUT2D eigenvalue weighted by molar-refractivity contribution is 0.359. The van der Waals surface area contributed by atoms with Gasteiger partial charge in [-0.3, -0.25) is 0 Å². The fraction of sp³-hybridized carbons (Fsp3) is 0.333. The molecule has 25 heavy (non-hydrogen) atoms. The van der Waals surface area contributed by atoms with E-state index < -0.39 is 0 Å². The zero-order valence-corrected chi connectivity index (χ0v) is 15.8. The third-order valence-electron chi connectivity index (χ3n) is 4.52. The molecule has 2 aromatic carbocycles. The number of hydrogen-bond acceptors (Lipinski definition) is 2. The molecule has 0 radical (unpaired) electrons. The lowest BCUT2D eigenvalue weighted by atomic mass is 10.0. The first-order valence-electron chi connectivity index (χ1n) is 8.67. The van der Waals surface area contributed by atoms with Crippen LogP contribution in [0.25, 0.3) is 0 Å². The van der Waals surface area contributed by atoms with E-state index in [1.807, 2.05) is 42.5 Å². The molecule has 0 aromatic heterocycles. The standard InChI is InChI=1S/C21H22Cl2N2/c1-15(25-18-11-13-24-14-12-18)19-10-9-17(20(22)21(19)23)8-7-16-5-3-2-4-6-16/h2-6,9-10,15,18,24-25H,11-14H2,1H3. The fourth-order valence-corrected chi connectivity index (χ4v) is 3.64. The predicted octanol–water partition coefficient (Wildman–Crippen LogP) is 4.80. The van der Waals surface area contributed by atoms with E-state index in [9.17, 15) is 0 Å². The van der Waals surface area contributed by atoms with Crippen molar-refractivity contribution in [1.29, 1.82) is 0 Å². The van der Waals surface area contributed by atoms with Crippen LogP contribution in [0.4, 0.5) is 0 Å². The van der Waals surface area contributed by atoms with E-state index in [0.29, 0.717) is 16.1 Å². The summed E-state index contributed by atoms with van der Waals surface area (Å²) < 4.78 is 0. The van der Waals surface area contributed by atoms with Gasteiger partial charge < -0.3 is 10.6 Å². The summed E-state index contributed by atoms with van der Waals surface area (Å²) in [6.45, 7) is 4.26. The summed E-state index contributed by atoms with van der Waals surface area (Å²) in [6, 6.07) is 14.5. The van der Waals surface area contributed by atoms with Gasteiger partial charge in [0.1, 0.15) is 0 Å². The number of halogens is 2. The number of benzene rings is 2. The van der Waals surface area contributed by atoms with Crippen molar-refractivity contribution in [3.8, 4) is 11.8 Å². The van der Waals surface area contributed by atoms with Crippen molar-refractivity contribution in [3.63, 3.8) is 0 Å². The van der Waals surface area contributed by atoms with Crippen LogP contribution < -0.4 is 10.6 Å². The second-order valence-corrected chi connectivity index (χ2v) is 7.11. The van der Waals surface area contributed by atoms with Crippen LogP contribution in [0, 0.1) is 11.8 Å². The summed E-state index contributed by atoms with van der Waals surface area (Å²) in [4.78, 5) is 0. The predicted molar refractivity (Wildman–Crippen MR) is 106 cm³/mol. The SMILES string of the molecule is CC(NC1CCNCC1)c1ccc(C#Cc2ccccc2)c(Cl)c1Cl. The highest BCUT2D eigenvalue weighted by Crippen LogP contribution is 2.33. The Bertz CT molecular complexity index is 772. The Morgan fingerprint density at radius 2 is 1.72 bits per heavy atom. The summed E-state index contributed by atoms with van der Waals surface area (Å²) in [5, 5.41) is 8.16. The molecule has 1 unspecified atom stereocenters. The van der Waals surface area contributed by atoms with E-state index in [4.69, 9.17) is 23.2 Å². The minimum atomic E-state index is 0.157. The van der Waals surface area contributed by atoms with Gasteiger partial charge in [0.15, 0.2) is 0 Å². The van der Waals surface area contributed by atoms with Crippen molar-refractivity contribution in [2.24, 2.45) is 0 Å². The first-order valence-corrected chi connectivity index (χ1v) is 9.42. The number of hydrogen-bond donors (Lipinski definition) is 2. The average Bonchev–Trinajstić information content (AvgIpc) is 2.64. The number of piperidine rings is 1. The highest BCUT2D eigenvalue weighted by molar-refractivity contribution is 6.43. The minimum absolute atomic E-state index is 0.157. The number of rotatable bonds is 3. The molecular formula is C21H22Cl2N2. The summed E-state index contributed by atoms with van der Waals surface area (Å²) >= 11 is 13.0. The second kappa shape index (κ2) is 8.74. The monoisotopic (exact) mass is 372 g/mol. The van der Waals surface area contributed by atoms with Crippen LogP contribution in [-0.2, 0) is 0 Å². The topological polar surface area (TPSA) is 24.1 Å². The summed E-state index contributed by atoms with van der Waals surface area (Å²) in [7, 11) is 0. The van der Waals surface area contributed by atoms with Crippen LogP contribution in [0.3, 0.4) is 0 Å². The zero-order valence-electron chi connectivity index (χ0n) is 14.3. The summed E-state index contributed by atoms with van der Waals surface area (Å²) in [5.41, 5.74) is 2.74. The normalized spacial score (nSPS) is 16.1. The molecule has 0 spiro atoms. The van der Waals surface area contributed by atoms with E-state index in [2.05, 4.69) is 29.4 Å². The maximum Gasteiger partial charge on any atom is 0.0752 e. The van der Waals surface area contributed by atoms with Crippen LogP contribution in [0.2, 0.25) is 10.0 Å². The van der Waals surface area contributed by atoms with Gasteiger partial charge >= 0.3 is 0 Å². The summed E-state index contributed by atoms with van der Waals surface area (Å²) in [6.07, 6.45) is 2.27. The lowest BCUT2D eigenvalue weighted by Crippen LogP contribution is -2.41. The van der Waals surface area contributed by atoms with E-state index in [1.54, 1.807) is 0 Å². The average molecular weight is 373 g/mol. The first kappa shape index (κ1) is 18.3. The van der Waals surface area contributed by atoms with Gasteiger partial charge in [0, 0.05) is 23.2 Å². The van der Waals surface area contributed by atoms with Gasteiger partial charge in [0.05, 0.1) is 10.0 Å². The molecule has 3 rings (SSSR count). The van der Waals surface area contributed by atoms with E-state index in [0.717, 1.165) is 42.6 Å². The molecule has 1 fully saturated rings. The third kappa shape index (κ3) is 4.77. The lowest BCUT2D eigenvalue weighted by Gasteiger charge is -2.28. The molecule has 1 atom stereocenters. The molecule has 2 nitrogen and oxygen atoms in total. The van der Waals surface area contributed by atoms with Crippen LogP contribution in [-0.4, -0.2) is 19.1 Å². The van der Waals surface area contributed by atoms with Gasteiger partial charge in [-0.2, -0.15) is 0 Å². The molecular weight excluding hydrogens is 351 g/mol. The van der Waals surface area contributed by atoms with Gasteiger partial charge in [0.2, 0.25) is 0 Å². The Morgan fingerprint density at radius 1 is 1.00 bits per heavy atom. The van der Waals surface area contributed by atoms with E-state index in [-0.39, 0.29) is 6.04 Å². The molecule has 1 saturated heterocycles. The van der Waals surface area contributed by atoms with Crippen molar-refractivity contribution < 1.29 is 0 Å². The summed E-state index contributed by atoms with van der Waals surface area (Å²) in [5.74, 6) is 6.25. The molecule has 2 aromatic rings. The molecule has 1 heterocycles. The van der Waals surface area contributed by atoms with Crippen LogP contribution in [0.15, 0.2) is 42.5 Å². The Kier molecular flexibility index (Phi) is 6.39. The van der Waals surface area contributed by atoms with Crippen LogP contribution in [0.5, 0.6) is 0 Å². The molecule has 0 bridgehead atoms. The van der Waals surface area contributed by atoms with Crippen molar-refractivity contribution in [2.75, 3.05) is 13.1 Å². The van der Waals surface area contributed by atoms with E-state index >= 15 is 0 Å². The van der Waals surface area contributed by atoms with E-state index in [1.165, 1.54) is 0 Å².